The highest BCUT2D eigenvalue weighted by Gasteiger charge is 1.96. The molecule has 0 fully saturated rings. The molecular formula is C15H13ClNO2-. The maximum absolute atomic E-state index is 10.5. The number of carboxylic acid groups (broad SMARTS) is 1. The molecule has 0 amide bonds. The van der Waals surface area contributed by atoms with Crippen LogP contribution in [0.3, 0.4) is 0 Å². The summed E-state index contributed by atoms with van der Waals surface area (Å²) in [7, 11) is 0. The zero-order valence-electron chi connectivity index (χ0n) is 10.2. The van der Waals surface area contributed by atoms with Crippen molar-refractivity contribution in [2.24, 2.45) is 0 Å². The van der Waals surface area contributed by atoms with Gasteiger partial charge < -0.3 is 15.2 Å². The van der Waals surface area contributed by atoms with Crippen LogP contribution in [0, 0.1) is 0 Å². The Morgan fingerprint density at radius 2 is 1.58 bits per heavy atom. The molecule has 0 aliphatic carbocycles. The van der Waals surface area contributed by atoms with Gasteiger partial charge in [-0.3, -0.25) is 0 Å². The van der Waals surface area contributed by atoms with E-state index in [1.807, 2.05) is 36.4 Å². The van der Waals surface area contributed by atoms with Crippen LogP contribution in [0.15, 0.2) is 48.5 Å². The fourth-order valence-corrected chi connectivity index (χ4v) is 1.84. The van der Waals surface area contributed by atoms with Gasteiger partial charge in [0.25, 0.3) is 0 Å². The molecule has 0 radical (unpaired) electrons. The summed E-state index contributed by atoms with van der Waals surface area (Å²) in [6.07, 6.45) is -0.0581. The van der Waals surface area contributed by atoms with Gasteiger partial charge in [-0.1, -0.05) is 35.9 Å². The fourth-order valence-electron chi connectivity index (χ4n) is 1.71. The summed E-state index contributed by atoms with van der Waals surface area (Å²) in [5, 5.41) is 14.4. The molecule has 2 rings (SSSR count). The van der Waals surface area contributed by atoms with Crippen LogP contribution in [0.2, 0.25) is 5.02 Å². The van der Waals surface area contributed by atoms with E-state index in [0.717, 1.165) is 21.8 Å². The van der Waals surface area contributed by atoms with Crippen LogP contribution in [-0.2, 0) is 17.8 Å². The molecule has 4 heteroatoms. The Kier molecular flexibility index (Phi) is 4.42. The van der Waals surface area contributed by atoms with Gasteiger partial charge in [0.1, 0.15) is 0 Å². The molecule has 0 aliphatic heterocycles. The van der Waals surface area contributed by atoms with Crippen molar-refractivity contribution in [1.82, 2.24) is 0 Å². The third-order valence-corrected chi connectivity index (χ3v) is 2.96. The second-order valence-electron chi connectivity index (χ2n) is 4.23. The van der Waals surface area contributed by atoms with E-state index in [9.17, 15) is 9.90 Å². The summed E-state index contributed by atoms with van der Waals surface area (Å²) in [6, 6.07) is 14.9. The minimum absolute atomic E-state index is 0.0581. The second-order valence-corrected chi connectivity index (χ2v) is 4.66. The summed E-state index contributed by atoms with van der Waals surface area (Å²) >= 11 is 5.81. The van der Waals surface area contributed by atoms with Crippen molar-refractivity contribution in [3.05, 3.63) is 64.7 Å². The fraction of sp³-hybridized carbons (Fsp3) is 0.133. The van der Waals surface area contributed by atoms with Crippen LogP contribution >= 0.6 is 11.6 Å². The van der Waals surface area contributed by atoms with Gasteiger partial charge in [-0.15, -0.1) is 0 Å². The van der Waals surface area contributed by atoms with E-state index in [2.05, 4.69) is 5.32 Å². The Labute approximate surface area is 116 Å². The van der Waals surface area contributed by atoms with E-state index < -0.39 is 5.97 Å². The lowest BCUT2D eigenvalue weighted by Crippen LogP contribution is -2.24. The van der Waals surface area contributed by atoms with Crippen molar-refractivity contribution in [2.45, 2.75) is 13.0 Å². The molecule has 0 aliphatic rings. The van der Waals surface area contributed by atoms with Crippen molar-refractivity contribution >= 4 is 23.3 Å². The largest absolute Gasteiger partial charge is 0.550 e. The monoisotopic (exact) mass is 274 g/mol. The van der Waals surface area contributed by atoms with E-state index in [4.69, 9.17) is 11.6 Å². The molecule has 3 nitrogen and oxygen atoms in total. The average Bonchev–Trinajstić information content (AvgIpc) is 2.39. The number of benzene rings is 2. The zero-order valence-corrected chi connectivity index (χ0v) is 11.0. The van der Waals surface area contributed by atoms with Gasteiger partial charge in [-0.2, -0.15) is 0 Å². The topological polar surface area (TPSA) is 52.2 Å². The molecule has 19 heavy (non-hydrogen) atoms. The van der Waals surface area contributed by atoms with Crippen LogP contribution < -0.4 is 10.4 Å². The molecule has 0 unspecified atom stereocenters. The summed E-state index contributed by atoms with van der Waals surface area (Å²) in [5.74, 6) is -1.07. The molecule has 0 saturated heterocycles. The standard InChI is InChI=1S/C15H14ClNO2/c16-13-5-1-12(2-6-13)10-17-14-7-3-11(4-8-14)9-15(18)19/h1-8,17H,9-10H2,(H,18,19)/p-1. The number of hydrogen-bond acceptors (Lipinski definition) is 3. The molecule has 0 spiro atoms. The third kappa shape index (κ3) is 4.30. The first-order valence-electron chi connectivity index (χ1n) is 5.90. The molecule has 2 aromatic carbocycles. The van der Waals surface area contributed by atoms with Crippen molar-refractivity contribution in [3.63, 3.8) is 0 Å². The van der Waals surface area contributed by atoms with Gasteiger partial charge in [-0.05, 0) is 35.4 Å². The summed E-state index contributed by atoms with van der Waals surface area (Å²) in [6.45, 7) is 0.691. The summed E-state index contributed by atoms with van der Waals surface area (Å²) in [5.41, 5.74) is 2.80. The number of carbonyl (C=O) groups is 1. The molecule has 0 bridgehead atoms. The Balaban J connectivity index is 1.92. The highest BCUT2D eigenvalue weighted by atomic mass is 35.5. The smallest absolute Gasteiger partial charge is 0.0458 e. The first-order chi connectivity index (χ1) is 9.13. The lowest BCUT2D eigenvalue weighted by atomic mass is 10.1. The van der Waals surface area contributed by atoms with Gasteiger partial charge >= 0.3 is 0 Å². The van der Waals surface area contributed by atoms with Gasteiger partial charge in [0.15, 0.2) is 0 Å². The predicted molar refractivity (Wildman–Crippen MR) is 73.9 cm³/mol. The van der Waals surface area contributed by atoms with Crippen LogP contribution in [0.5, 0.6) is 0 Å². The molecule has 98 valence electrons. The Bertz CT molecular complexity index is 549. The van der Waals surface area contributed by atoms with E-state index in [1.165, 1.54) is 0 Å². The highest BCUT2D eigenvalue weighted by Crippen LogP contribution is 2.13. The van der Waals surface area contributed by atoms with E-state index >= 15 is 0 Å². The van der Waals surface area contributed by atoms with E-state index in [1.54, 1.807) is 12.1 Å². The van der Waals surface area contributed by atoms with Gasteiger partial charge in [-0.25, -0.2) is 0 Å². The van der Waals surface area contributed by atoms with Gasteiger partial charge in [0.05, 0.1) is 0 Å². The van der Waals surface area contributed by atoms with E-state index in [0.29, 0.717) is 6.54 Å². The number of anilines is 1. The third-order valence-electron chi connectivity index (χ3n) is 2.71. The Morgan fingerprint density at radius 3 is 2.16 bits per heavy atom. The van der Waals surface area contributed by atoms with Gasteiger partial charge in [0, 0.05) is 29.6 Å². The van der Waals surface area contributed by atoms with Gasteiger partial charge in [0.2, 0.25) is 0 Å². The minimum atomic E-state index is -1.07. The predicted octanol–water partition coefficient (Wildman–Crippen LogP) is 2.24. The Hall–Kier alpha value is -2.00. The van der Waals surface area contributed by atoms with Crippen molar-refractivity contribution in [2.75, 3.05) is 5.32 Å². The van der Waals surface area contributed by atoms with E-state index in [-0.39, 0.29) is 6.42 Å². The Morgan fingerprint density at radius 1 is 1.00 bits per heavy atom. The van der Waals surface area contributed by atoms with Crippen LogP contribution in [-0.4, -0.2) is 5.97 Å². The lowest BCUT2D eigenvalue weighted by Gasteiger charge is -2.08. The maximum atomic E-state index is 10.5. The van der Waals surface area contributed by atoms with Crippen LogP contribution in [0.1, 0.15) is 11.1 Å². The van der Waals surface area contributed by atoms with Crippen LogP contribution in [0.25, 0.3) is 0 Å². The van der Waals surface area contributed by atoms with Crippen molar-refractivity contribution < 1.29 is 9.90 Å². The number of hydrogen-bond donors (Lipinski definition) is 1. The van der Waals surface area contributed by atoms with Crippen molar-refractivity contribution in [1.29, 1.82) is 0 Å². The highest BCUT2D eigenvalue weighted by molar-refractivity contribution is 6.30. The van der Waals surface area contributed by atoms with Crippen LogP contribution in [0.4, 0.5) is 5.69 Å². The molecule has 2 aromatic rings. The molecule has 0 aromatic heterocycles. The number of carbonyl (C=O) groups excluding carboxylic acids is 1. The quantitative estimate of drug-likeness (QED) is 0.910. The summed E-state index contributed by atoms with van der Waals surface area (Å²) < 4.78 is 0. The zero-order chi connectivity index (χ0) is 13.7. The molecular weight excluding hydrogens is 262 g/mol. The normalized spacial score (nSPS) is 10.2. The first kappa shape index (κ1) is 13.4. The number of rotatable bonds is 5. The first-order valence-corrected chi connectivity index (χ1v) is 6.28. The second kappa shape index (κ2) is 6.25. The molecule has 0 heterocycles. The molecule has 0 saturated carbocycles. The number of aliphatic carboxylic acids is 1. The minimum Gasteiger partial charge on any atom is -0.550 e. The number of halogens is 1. The lowest BCUT2D eigenvalue weighted by molar-refractivity contribution is -0.304. The molecule has 1 N–H and O–H groups in total. The summed E-state index contributed by atoms with van der Waals surface area (Å²) in [4.78, 5) is 10.5. The SMILES string of the molecule is O=C([O-])Cc1ccc(NCc2ccc(Cl)cc2)cc1. The number of carboxylic acids is 1. The molecule has 0 atom stereocenters. The average molecular weight is 275 g/mol. The number of nitrogens with one attached hydrogen (secondary N) is 1. The van der Waals surface area contributed by atoms with Crippen molar-refractivity contribution in [3.8, 4) is 0 Å². The maximum Gasteiger partial charge on any atom is 0.0458 e.